The van der Waals surface area contributed by atoms with Gasteiger partial charge in [0, 0.05) is 38.7 Å². The molecule has 0 unspecified atom stereocenters. The minimum Gasteiger partial charge on any atom is -0.443 e. The largest absolute Gasteiger partial charge is 0.443 e. The molecule has 0 spiro atoms. The zero-order valence-corrected chi connectivity index (χ0v) is 13.9. The van der Waals surface area contributed by atoms with Crippen molar-refractivity contribution in [3.8, 4) is 0 Å². The fourth-order valence-electron chi connectivity index (χ4n) is 2.35. The number of carbonyl (C=O) groups excluding carboxylic acids is 2. The van der Waals surface area contributed by atoms with Crippen molar-refractivity contribution >= 4 is 12.0 Å². The SMILES string of the molecule is CC(=O)NCCNC(=O)OC[C@]1(F)C[C@@H](O)[C@H](n2ccc(=O)[nH]c2=O)O1. The first-order valence-corrected chi connectivity index (χ1v) is 7.71. The zero-order valence-electron chi connectivity index (χ0n) is 13.9. The van der Waals surface area contributed by atoms with E-state index in [9.17, 15) is 28.7 Å². The van der Waals surface area contributed by atoms with Crippen molar-refractivity contribution in [1.29, 1.82) is 0 Å². The van der Waals surface area contributed by atoms with Crippen LogP contribution >= 0.6 is 0 Å². The summed E-state index contributed by atoms with van der Waals surface area (Å²) in [6.45, 7) is 0.761. The van der Waals surface area contributed by atoms with Gasteiger partial charge in [-0.3, -0.25) is 19.1 Å². The van der Waals surface area contributed by atoms with E-state index in [-0.39, 0.29) is 19.0 Å². The number of alkyl halides is 1. The minimum atomic E-state index is -2.51. The maximum absolute atomic E-state index is 14.6. The van der Waals surface area contributed by atoms with Crippen LogP contribution in [0.5, 0.6) is 0 Å². The number of carbonyl (C=O) groups is 2. The van der Waals surface area contributed by atoms with Crippen molar-refractivity contribution in [1.82, 2.24) is 20.2 Å². The Morgan fingerprint density at radius 1 is 1.46 bits per heavy atom. The summed E-state index contributed by atoms with van der Waals surface area (Å²) in [4.78, 5) is 46.9. The Hall–Kier alpha value is -2.73. The predicted octanol–water partition coefficient (Wildman–Crippen LogP) is -1.66. The average molecular weight is 374 g/mol. The molecule has 1 aliphatic rings. The topological polar surface area (TPSA) is 152 Å². The maximum Gasteiger partial charge on any atom is 0.407 e. The molecule has 1 aromatic rings. The quantitative estimate of drug-likeness (QED) is 0.435. The van der Waals surface area contributed by atoms with Crippen molar-refractivity contribution in [2.24, 2.45) is 0 Å². The van der Waals surface area contributed by atoms with Crippen molar-refractivity contribution < 1.29 is 28.6 Å². The number of hydrogen-bond acceptors (Lipinski definition) is 7. The Labute approximate surface area is 146 Å². The fraction of sp³-hybridized carbons (Fsp3) is 0.571. The van der Waals surface area contributed by atoms with Gasteiger partial charge in [-0.1, -0.05) is 0 Å². The molecule has 1 saturated heterocycles. The van der Waals surface area contributed by atoms with Crippen LogP contribution in [0.1, 0.15) is 19.6 Å². The Morgan fingerprint density at radius 2 is 2.15 bits per heavy atom. The van der Waals surface area contributed by atoms with Crippen molar-refractivity contribution in [3.05, 3.63) is 33.1 Å². The van der Waals surface area contributed by atoms with Gasteiger partial charge in [0.05, 0.1) is 0 Å². The van der Waals surface area contributed by atoms with Crippen LogP contribution in [0.2, 0.25) is 0 Å². The monoisotopic (exact) mass is 374 g/mol. The first-order valence-electron chi connectivity index (χ1n) is 7.71. The number of amides is 2. The van der Waals surface area contributed by atoms with Gasteiger partial charge in [0.1, 0.15) is 6.10 Å². The molecule has 1 fully saturated rings. The summed E-state index contributed by atoms with van der Waals surface area (Å²) in [5.41, 5.74) is -1.52. The molecule has 2 heterocycles. The van der Waals surface area contributed by atoms with E-state index in [1.165, 1.54) is 6.92 Å². The summed E-state index contributed by atoms with van der Waals surface area (Å²) in [6.07, 6.45) is -3.18. The van der Waals surface area contributed by atoms with Gasteiger partial charge in [0.15, 0.2) is 12.8 Å². The van der Waals surface area contributed by atoms with Gasteiger partial charge < -0.3 is 25.2 Å². The van der Waals surface area contributed by atoms with E-state index in [1.807, 2.05) is 4.98 Å². The highest BCUT2D eigenvalue weighted by Crippen LogP contribution is 2.37. The molecule has 26 heavy (non-hydrogen) atoms. The third-order valence-corrected chi connectivity index (χ3v) is 3.49. The predicted molar refractivity (Wildman–Crippen MR) is 83.9 cm³/mol. The van der Waals surface area contributed by atoms with Crippen LogP contribution in [-0.4, -0.2) is 58.3 Å². The summed E-state index contributed by atoms with van der Waals surface area (Å²) in [7, 11) is 0. The molecular weight excluding hydrogens is 355 g/mol. The Kier molecular flexibility index (Phi) is 6.10. The van der Waals surface area contributed by atoms with Crippen LogP contribution in [0.3, 0.4) is 0 Å². The zero-order chi connectivity index (χ0) is 19.3. The van der Waals surface area contributed by atoms with E-state index in [4.69, 9.17) is 9.47 Å². The summed E-state index contributed by atoms with van der Waals surface area (Å²) in [5, 5.41) is 14.7. The van der Waals surface area contributed by atoms with E-state index in [0.29, 0.717) is 0 Å². The first-order chi connectivity index (χ1) is 12.2. The van der Waals surface area contributed by atoms with E-state index >= 15 is 0 Å². The molecule has 4 N–H and O–H groups in total. The van der Waals surface area contributed by atoms with Gasteiger partial charge in [-0.2, -0.15) is 0 Å². The fourth-order valence-corrected chi connectivity index (χ4v) is 2.35. The smallest absolute Gasteiger partial charge is 0.407 e. The third kappa shape index (κ3) is 5.13. The number of halogens is 1. The second kappa shape index (κ2) is 8.10. The molecule has 3 atom stereocenters. The van der Waals surface area contributed by atoms with E-state index < -0.39 is 48.6 Å². The molecule has 0 radical (unpaired) electrons. The number of aliphatic hydroxyl groups is 1. The molecule has 0 bridgehead atoms. The van der Waals surface area contributed by atoms with Crippen LogP contribution in [-0.2, 0) is 14.3 Å². The number of aromatic nitrogens is 2. The molecule has 11 nitrogen and oxygen atoms in total. The van der Waals surface area contributed by atoms with Crippen LogP contribution in [0.4, 0.5) is 9.18 Å². The molecular formula is C14H19FN4O7. The number of aliphatic hydroxyl groups excluding tert-OH is 1. The van der Waals surface area contributed by atoms with Crippen molar-refractivity contribution in [2.75, 3.05) is 19.7 Å². The molecule has 0 aromatic carbocycles. The van der Waals surface area contributed by atoms with Crippen LogP contribution in [0, 0.1) is 0 Å². The molecule has 0 aliphatic carbocycles. The number of nitrogens with zero attached hydrogens (tertiary/aromatic N) is 1. The Morgan fingerprint density at radius 3 is 2.81 bits per heavy atom. The molecule has 12 heteroatoms. The van der Waals surface area contributed by atoms with Gasteiger partial charge in [0.2, 0.25) is 11.8 Å². The lowest BCUT2D eigenvalue weighted by Crippen LogP contribution is -2.38. The number of aromatic amines is 1. The molecule has 2 amide bonds. The first kappa shape index (κ1) is 19.6. The van der Waals surface area contributed by atoms with Gasteiger partial charge >= 0.3 is 11.8 Å². The molecule has 0 saturated carbocycles. The van der Waals surface area contributed by atoms with Gasteiger partial charge in [0.25, 0.3) is 5.56 Å². The molecule has 1 aliphatic heterocycles. The number of H-pyrrole nitrogens is 1. The van der Waals surface area contributed by atoms with Gasteiger partial charge in [-0.15, -0.1) is 0 Å². The molecule has 2 rings (SSSR count). The third-order valence-electron chi connectivity index (χ3n) is 3.49. The number of alkyl carbamates (subject to hydrolysis) is 1. The Balaban J connectivity index is 1.88. The van der Waals surface area contributed by atoms with Crippen molar-refractivity contribution in [3.63, 3.8) is 0 Å². The van der Waals surface area contributed by atoms with Crippen LogP contribution in [0.15, 0.2) is 21.9 Å². The number of nitrogens with one attached hydrogen (secondary N) is 3. The van der Waals surface area contributed by atoms with E-state index in [0.717, 1.165) is 16.8 Å². The van der Waals surface area contributed by atoms with Crippen LogP contribution < -0.4 is 21.9 Å². The molecule has 1 aromatic heterocycles. The second-order valence-electron chi connectivity index (χ2n) is 5.67. The summed E-state index contributed by atoms with van der Waals surface area (Å²) in [6, 6.07) is 1.02. The second-order valence-corrected chi connectivity index (χ2v) is 5.67. The standard InChI is InChI=1S/C14H19FN4O7/c1-8(20)16-3-4-17-13(24)25-7-14(15)6-9(21)11(26-14)19-5-2-10(22)18-12(19)23/h2,5,9,11,21H,3-4,6-7H2,1H3,(H,16,20)(H,17,24)(H,18,22,23)/t9-,11-,14+/m1/s1. The van der Waals surface area contributed by atoms with Crippen LogP contribution in [0.25, 0.3) is 0 Å². The minimum absolute atomic E-state index is 0.0799. The average Bonchev–Trinajstić information content (AvgIpc) is 2.85. The molecule has 144 valence electrons. The number of ether oxygens (including phenoxy) is 2. The lowest BCUT2D eigenvalue weighted by Gasteiger charge is -2.21. The van der Waals surface area contributed by atoms with Gasteiger partial charge in [-0.25, -0.2) is 14.0 Å². The number of rotatable bonds is 6. The van der Waals surface area contributed by atoms with E-state index in [2.05, 4.69) is 10.6 Å². The number of hydrogen-bond donors (Lipinski definition) is 4. The summed E-state index contributed by atoms with van der Waals surface area (Å²) >= 11 is 0. The highest BCUT2D eigenvalue weighted by Gasteiger charge is 2.48. The van der Waals surface area contributed by atoms with Crippen molar-refractivity contribution in [2.45, 2.75) is 31.5 Å². The maximum atomic E-state index is 14.6. The van der Waals surface area contributed by atoms with Gasteiger partial charge in [-0.05, 0) is 0 Å². The normalized spacial score (nSPS) is 24.9. The highest BCUT2D eigenvalue weighted by atomic mass is 19.2. The van der Waals surface area contributed by atoms with E-state index in [1.54, 1.807) is 0 Å². The summed E-state index contributed by atoms with van der Waals surface area (Å²) < 4.78 is 25.2. The summed E-state index contributed by atoms with van der Waals surface area (Å²) in [5.74, 6) is -2.77. The Bertz CT molecular complexity index is 779. The lowest BCUT2D eigenvalue weighted by molar-refractivity contribution is -0.181. The highest BCUT2D eigenvalue weighted by molar-refractivity contribution is 5.73. The lowest BCUT2D eigenvalue weighted by atomic mass is 10.2.